The zero-order chi connectivity index (χ0) is 25.6. The van der Waals surface area contributed by atoms with Gasteiger partial charge in [-0.15, -0.1) is 0 Å². The van der Waals surface area contributed by atoms with Crippen molar-refractivity contribution in [3.8, 4) is 0 Å². The molecule has 0 bridgehead atoms. The van der Waals surface area contributed by atoms with Crippen molar-refractivity contribution in [3.63, 3.8) is 0 Å². The summed E-state index contributed by atoms with van der Waals surface area (Å²) < 4.78 is 3.41. The monoisotopic (exact) mass is 480 g/mol. The molecule has 2 heterocycles. The number of aliphatic hydroxyl groups is 1. The molecule has 0 saturated carbocycles. The van der Waals surface area contributed by atoms with E-state index in [0.29, 0.717) is 22.2 Å². The summed E-state index contributed by atoms with van der Waals surface area (Å²) in [7, 11) is 2.00. The topological polar surface area (TPSA) is 102 Å². The van der Waals surface area contributed by atoms with E-state index >= 15 is 0 Å². The molecule has 1 atom stereocenters. The highest BCUT2D eigenvalue weighted by Gasteiger charge is 2.25. The second-order valence-corrected chi connectivity index (χ2v) is 9.61. The van der Waals surface area contributed by atoms with Crippen LogP contribution in [0.25, 0.3) is 21.7 Å². The number of hydrogen-bond acceptors (Lipinski definition) is 4. The Morgan fingerprint density at radius 3 is 2.47 bits per heavy atom. The first kappa shape index (κ1) is 23.4. The molecule has 1 amide bonds. The second kappa shape index (κ2) is 8.70. The van der Waals surface area contributed by atoms with Crippen molar-refractivity contribution in [1.29, 1.82) is 0 Å². The van der Waals surface area contributed by atoms with E-state index < -0.39 is 17.6 Å². The van der Waals surface area contributed by atoms with Gasteiger partial charge in [-0.2, -0.15) is 0 Å². The van der Waals surface area contributed by atoms with Crippen molar-refractivity contribution < 1.29 is 9.90 Å². The molecule has 1 unspecified atom stereocenters. The number of anilines is 2. The predicted molar refractivity (Wildman–Crippen MR) is 143 cm³/mol. The maximum Gasteiger partial charge on any atom is 0.261 e. The Morgan fingerprint density at radius 2 is 1.72 bits per heavy atom. The summed E-state index contributed by atoms with van der Waals surface area (Å²) in [6.45, 7) is 3.33. The molecule has 3 aromatic carbocycles. The number of hydrogen-bond donors (Lipinski definition) is 3. The normalized spacial score (nSPS) is 12.7. The summed E-state index contributed by atoms with van der Waals surface area (Å²) in [5.41, 5.74) is 8.11. The van der Waals surface area contributed by atoms with Crippen LogP contribution in [0.15, 0.2) is 90.0 Å². The number of nitrogens with one attached hydrogen (secondary N) is 1. The molecule has 5 rings (SSSR count). The van der Waals surface area contributed by atoms with E-state index in [9.17, 15) is 14.7 Å². The lowest BCUT2D eigenvalue weighted by Gasteiger charge is -2.22. The van der Waals surface area contributed by atoms with E-state index in [0.717, 1.165) is 22.0 Å². The van der Waals surface area contributed by atoms with Gasteiger partial charge in [0.25, 0.3) is 5.56 Å². The van der Waals surface area contributed by atoms with Gasteiger partial charge in [0, 0.05) is 36.0 Å². The van der Waals surface area contributed by atoms with Gasteiger partial charge in [0.15, 0.2) is 0 Å². The minimum atomic E-state index is -1.11. The first-order chi connectivity index (χ1) is 17.1. The molecule has 7 nitrogen and oxygen atoms in total. The SMILES string of the molecule is Cn1ccc2cc(Nc3cccc4ccn(C(C(N)=O)c5cccc(C(C)(C)O)c5)c(=O)c34)ccc21. The van der Waals surface area contributed by atoms with Gasteiger partial charge in [-0.25, -0.2) is 0 Å². The van der Waals surface area contributed by atoms with E-state index in [1.54, 1.807) is 50.4 Å². The van der Waals surface area contributed by atoms with Gasteiger partial charge in [-0.05, 0) is 66.8 Å². The average Bonchev–Trinajstić information content (AvgIpc) is 3.20. The molecule has 2 aromatic heterocycles. The highest BCUT2D eigenvalue weighted by atomic mass is 16.3. The maximum absolute atomic E-state index is 13.8. The molecule has 182 valence electrons. The van der Waals surface area contributed by atoms with Crippen LogP contribution >= 0.6 is 0 Å². The van der Waals surface area contributed by atoms with Crippen molar-refractivity contribution >= 4 is 39.0 Å². The molecule has 36 heavy (non-hydrogen) atoms. The molecule has 4 N–H and O–H groups in total. The van der Waals surface area contributed by atoms with Gasteiger partial charge in [0.2, 0.25) is 5.91 Å². The van der Waals surface area contributed by atoms with Crippen LogP contribution in [0.1, 0.15) is 31.0 Å². The van der Waals surface area contributed by atoms with Crippen LogP contribution in [-0.2, 0) is 17.4 Å². The number of aryl methyl sites for hydroxylation is 1. The summed E-state index contributed by atoms with van der Waals surface area (Å²) in [6, 6.07) is 21.4. The number of benzene rings is 3. The van der Waals surface area contributed by atoms with Gasteiger partial charge in [-0.3, -0.25) is 14.2 Å². The third-order valence-corrected chi connectivity index (χ3v) is 6.58. The number of carbonyl (C=O) groups is 1. The number of amides is 1. The minimum Gasteiger partial charge on any atom is -0.386 e. The van der Waals surface area contributed by atoms with Crippen molar-refractivity contribution in [2.45, 2.75) is 25.5 Å². The number of fused-ring (bicyclic) bond motifs is 2. The van der Waals surface area contributed by atoms with Crippen LogP contribution in [0.5, 0.6) is 0 Å². The first-order valence-corrected chi connectivity index (χ1v) is 11.7. The number of aromatic nitrogens is 2. The van der Waals surface area contributed by atoms with E-state index in [4.69, 9.17) is 5.73 Å². The van der Waals surface area contributed by atoms with Gasteiger partial charge in [0.05, 0.1) is 16.7 Å². The zero-order valence-corrected chi connectivity index (χ0v) is 20.4. The Hall–Kier alpha value is -4.36. The highest BCUT2D eigenvalue weighted by molar-refractivity contribution is 5.96. The minimum absolute atomic E-state index is 0.339. The van der Waals surface area contributed by atoms with Crippen molar-refractivity contribution in [3.05, 3.63) is 107 Å². The Morgan fingerprint density at radius 1 is 0.972 bits per heavy atom. The molecular weight excluding hydrogens is 452 g/mol. The molecular formula is C29H28N4O3. The summed E-state index contributed by atoms with van der Waals surface area (Å²) in [6.07, 6.45) is 3.60. The number of carbonyl (C=O) groups excluding carboxylic acids is 1. The molecule has 0 aliphatic rings. The molecule has 0 spiro atoms. The number of primary amides is 1. The maximum atomic E-state index is 13.8. The summed E-state index contributed by atoms with van der Waals surface area (Å²) in [5, 5.41) is 16.1. The van der Waals surface area contributed by atoms with Crippen LogP contribution in [0.4, 0.5) is 11.4 Å². The predicted octanol–water partition coefficient (Wildman–Crippen LogP) is 4.54. The van der Waals surface area contributed by atoms with Crippen LogP contribution in [0.2, 0.25) is 0 Å². The lowest BCUT2D eigenvalue weighted by molar-refractivity contribution is -0.120. The van der Waals surface area contributed by atoms with Crippen LogP contribution in [0.3, 0.4) is 0 Å². The zero-order valence-electron chi connectivity index (χ0n) is 20.4. The third-order valence-electron chi connectivity index (χ3n) is 6.58. The van der Waals surface area contributed by atoms with E-state index in [1.165, 1.54) is 4.57 Å². The highest BCUT2D eigenvalue weighted by Crippen LogP contribution is 2.29. The van der Waals surface area contributed by atoms with Crippen LogP contribution < -0.4 is 16.6 Å². The summed E-state index contributed by atoms with van der Waals surface area (Å²) >= 11 is 0. The largest absolute Gasteiger partial charge is 0.386 e. The fourth-order valence-corrected chi connectivity index (χ4v) is 4.68. The lowest BCUT2D eigenvalue weighted by atomic mass is 9.94. The fourth-order valence-electron chi connectivity index (χ4n) is 4.68. The smallest absolute Gasteiger partial charge is 0.261 e. The van der Waals surface area contributed by atoms with Gasteiger partial charge in [0.1, 0.15) is 6.04 Å². The summed E-state index contributed by atoms with van der Waals surface area (Å²) in [5.74, 6) is -0.663. The number of nitrogens with two attached hydrogens (primary N) is 1. The second-order valence-electron chi connectivity index (χ2n) is 9.61. The van der Waals surface area contributed by atoms with Gasteiger partial charge in [-0.1, -0.05) is 36.4 Å². The Kier molecular flexibility index (Phi) is 5.65. The van der Waals surface area contributed by atoms with Gasteiger partial charge >= 0.3 is 0 Å². The standard InChI is InChI=1S/C29H28N4O3/c1-29(2,36)21-8-4-7-20(16-21)26(27(30)34)33-15-13-18-6-5-9-23(25(18)28(33)35)31-22-10-11-24-19(17-22)12-14-32(24)3/h4-17,26,31,36H,1-3H3,(H2,30,34). The summed E-state index contributed by atoms with van der Waals surface area (Å²) in [4.78, 5) is 26.5. The molecule has 0 radical (unpaired) electrons. The van der Waals surface area contributed by atoms with Gasteiger partial charge < -0.3 is 20.7 Å². The van der Waals surface area contributed by atoms with E-state index in [-0.39, 0.29) is 5.56 Å². The van der Waals surface area contributed by atoms with Crippen molar-refractivity contribution in [2.75, 3.05) is 5.32 Å². The molecule has 0 saturated heterocycles. The quantitative estimate of drug-likeness (QED) is 0.332. The number of rotatable bonds is 6. The lowest BCUT2D eigenvalue weighted by Crippen LogP contribution is -2.34. The van der Waals surface area contributed by atoms with Crippen molar-refractivity contribution in [1.82, 2.24) is 9.13 Å². The fraction of sp³-hybridized carbons (Fsp3) is 0.172. The molecule has 7 heteroatoms. The van der Waals surface area contributed by atoms with Crippen molar-refractivity contribution in [2.24, 2.45) is 12.8 Å². The number of nitrogens with zero attached hydrogens (tertiary/aromatic N) is 2. The van der Waals surface area contributed by atoms with E-state index in [2.05, 4.69) is 5.32 Å². The Labute approximate surface area is 208 Å². The third kappa shape index (κ3) is 4.14. The van der Waals surface area contributed by atoms with Crippen LogP contribution in [-0.4, -0.2) is 20.1 Å². The Balaban J connectivity index is 1.63. The first-order valence-electron chi connectivity index (χ1n) is 11.7. The molecule has 0 aliphatic heterocycles. The van der Waals surface area contributed by atoms with Crippen LogP contribution in [0, 0.1) is 0 Å². The average molecular weight is 481 g/mol. The number of pyridine rings is 1. The molecule has 0 fully saturated rings. The Bertz CT molecular complexity index is 1670. The molecule has 0 aliphatic carbocycles. The molecule has 5 aromatic rings. The van der Waals surface area contributed by atoms with E-state index in [1.807, 2.05) is 60.3 Å².